The molecule has 2 aliphatic rings. The number of allylic oxidation sites excluding steroid dienone is 3. The van der Waals surface area contributed by atoms with Crippen LogP contribution in [0.5, 0.6) is 0 Å². The molecule has 1 unspecified atom stereocenters. The van der Waals surface area contributed by atoms with Crippen LogP contribution in [0.1, 0.15) is 60.8 Å². The zero-order valence-corrected chi connectivity index (χ0v) is 21.1. The van der Waals surface area contributed by atoms with Gasteiger partial charge in [-0.05, 0) is 38.7 Å². The standard InChI is InChI=1S/C26H38N2O6/c1-7-8-11-33-24-20-12-18(9-10-23(30)31)22(29)13-19(20)16-28(15-17(2)3)21(24)14-27-25(32)34-26(4,5)6/h9-10,12,16-18H,7-8,11,13-15H2,1-6H3,(H,27,32)(H,30,31). The molecule has 0 aromatic carbocycles. The lowest BCUT2D eigenvalue weighted by Gasteiger charge is -2.36. The molecule has 8 heteroatoms. The van der Waals surface area contributed by atoms with E-state index in [4.69, 9.17) is 14.6 Å². The lowest BCUT2D eigenvalue weighted by Crippen LogP contribution is -2.39. The van der Waals surface area contributed by atoms with Crippen LogP contribution < -0.4 is 5.32 Å². The van der Waals surface area contributed by atoms with E-state index in [9.17, 15) is 14.4 Å². The maximum atomic E-state index is 12.7. The number of carboxylic acids is 1. The van der Waals surface area contributed by atoms with Crippen LogP contribution >= 0.6 is 0 Å². The fourth-order valence-electron chi connectivity index (χ4n) is 3.71. The Balaban J connectivity index is 2.49. The second-order valence-electron chi connectivity index (χ2n) is 9.98. The smallest absolute Gasteiger partial charge is 0.407 e. The molecule has 1 aliphatic carbocycles. The fraction of sp³-hybridized carbons (Fsp3) is 0.577. The van der Waals surface area contributed by atoms with Crippen molar-refractivity contribution in [2.24, 2.45) is 11.8 Å². The van der Waals surface area contributed by atoms with Crippen molar-refractivity contribution in [1.29, 1.82) is 0 Å². The first kappa shape index (κ1) is 27.2. The molecule has 1 atom stereocenters. The van der Waals surface area contributed by atoms with Gasteiger partial charge in [-0.15, -0.1) is 0 Å². The maximum Gasteiger partial charge on any atom is 0.407 e. The molecule has 1 heterocycles. The Morgan fingerprint density at radius 3 is 2.62 bits per heavy atom. The zero-order chi connectivity index (χ0) is 25.5. The molecule has 0 aromatic heterocycles. The minimum atomic E-state index is -1.10. The Kier molecular flexibility index (Phi) is 9.53. The molecule has 0 spiro atoms. The number of hydrogen-bond acceptors (Lipinski definition) is 6. The van der Waals surface area contributed by atoms with Gasteiger partial charge in [-0.2, -0.15) is 0 Å². The molecule has 0 saturated carbocycles. The number of amides is 1. The van der Waals surface area contributed by atoms with Gasteiger partial charge in [0.1, 0.15) is 17.1 Å². The first-order chi connectivity index (χ1) is 15.9. The molecular weight excluding hydrogens is 436 g/mol. The van der Waals surface area contributed by atoms with Crippen molar-refractivity contribution in [3.05, 3.63) is 47.0 Å². The van der Waals surface area contributed by atoms with Crippen LogP contribution in [0.2, 0.25) is 0 Å². The Morgan fingerprint density at radius 1 is 1.32 bits per heavy atom. The summed E-state index contributed by atoms with van der Waals surface area (Å²) in [7, 11) is 0. The highest BCUT2D eigenvalue weighted by Crippen LogP contribution is 2.38. The Hall–Kier alpha value is -3.03. The van der Waals surface area contributed by atoms with Gasteiger partial charge in [-0.3, -0.25) is 4.79 Å². The van der Waals surface area contributed by atoms with E-state index in [-0.39, 0.29) is 18.7 Å². The van der Waals surface area contributed by atoms with E-state index in [0.717, 1.165) is 35.8 Å². The predicted molar refractivity (Wildman–Crippen MR) is 130 cm³/mol. The number of carboxylic acid groups (broad SMARTS) is 1. The topological polar surface area (TPSA) is 105 Å². The van der Waals surface area contributed by atoms with E-state index < -0.39 is 23.6 Å². The molecule has 2 N–H and O–H groups in total. The van der Waals surface area contributed by atoms with Crippen LogP contribution in [0.25, 0.3) is 0 Å². The predicted octanol–water partition coefficient (Wildman–Crippen LogP) is 4.55. The second kappa shape index (κ2) is 11.9. The van der Waals surface area contributed by atoms with E-state index in [0.29, 0.717) is 24.8 Å². The first-order valence-electron chi connectivity index (χ1n) is 11.9. The van der Waals surface area contributed by atoms with E-state index in [1.54, 1.807) is 26.8 Å². The SMILES string of the molecule is CCCCOC1=C(CNC(=O)OC(C)(C)C)N(CC(C)C)C=C2CC(=O)C(C=CC(=O)O)C=C21. The van der Waals surface area contributed by atoms with Crippen LogP contribution in [-0.2, 0) is 19.1 Å². The number of alkyl carbamates (subject to hydrolysis) is 1. The molecule has 34 heavy (non-hydrogen) atoms. The number of unbranched alkanes of at least 4 members (excludes halogenated alkanes) is 1. The van der Waals surface area contributed by atoms with E-state index in [2.05, 4.69) is 26.1 Å². The van der Waals surface area contributed by atoms with Gasteiger partial charge in [0.2, 0.25) is 0 Å². The summed E-state index contributed by atoms with van der Waals surface area (Å²) >= 11 is 0. The van der Waals surface area contributed by atoms with Crippen molar-refractivity contribution in [2.75, 3.05) is 19.7 Å². The number of ether oxygens (including phenoxy) is 2. The molecule has 2 rings (SSSR count). The van der Waals surface area contributed by atoms with Crippen LogP contribution in [0.4, 0.5) is 4.79 Å². The second-order valence-corrected chi connectivity index (χ2v) is 9.98. The number of Topliss-reactive ketones (excluding diaryl/α,β-unsaturated/α-hetero) is 1. The van der Waals surface area contributed by atoms with Gasteiger partial charge in [0, 0.05) is 30.8 Å². The van der Waals surface area contributed by atoms with Gasteiger partial charge in [-0.25, -0.2) is 9.59 Å². The number of aliphatic carboxylic acids is 1. The Labute approximate surface area is 202 Å². The average Bonchev–Trinajstić information content (AvgIpc) is 2.70. The van der Waals surface area contributed by atoms with Crippen LogP contribution in [0.15, 0.2) is 47.0 Å². The van der Waals surface area contributed by atoms with Crippen molar-refractivity contribution in [3.8, 4) is 0 Å². The molecular formula is C26H38N2O6. The lowest BCUT2D eigenvalue weighted by atomic mass is 9.82. The molecule has 1 aliphatic heterocycles. The zero-order valence-electron chi connectivity index (χ0n) is 21.1. The van der Waals surface area contributed by atoms with Crippen LogP contribution in [0, 0.1) is 11.8 Å². The van der Waals surface area contributed by atoms with Gasteiger partial charge in [0.15, 0.2) is 0 Å². The molecule has 188 valence electrons. The number of rotatable bonds is 10. The van der Waals surface area contributed by atoms with Gasteiger partial charge in [-0.1, -0.05) is 39.3 Å². The summed E-state index contributed by atoms with van der Waals surface area (Å²) in [6.07, 6.45) is 7.57. The summed E-state index contributed by atoms with van der Waals surface area (Å²) in [5.41, 5.74) is 1.77. The molecule has 0 aromatic rings. The number of nitrogens with one attached hydrogen (secondary N) is 1. The summed E-state index contributed by atoms with van der Waals surface area (Å²) in [5, 5.41) is 11.8. The summed E-state index contributed by atoms with van der Waals surface area (Å²) in [4.78, 5) is 38.1. The van der Waals surface area contributed by atoms with Crippen LogP contribution in [0.3, 0.4) is 0 Å². The number of hydrogen-bond donors (Lipinski definition) is 2. The summed E-state index contributed by atoms with van der Waals surface area (Å²) < 4.78 is 11.6. The average molecular weight is 475 g/mol. The van der Waals surface area contributed by atoms with E-state index in [1.807, 2.05) is 11.1 Å². The molecule has 1 amide bonds. The Morgan fingerprint density at radius 2 is 2.03 bits per heavy atom. The molecule has 8 nitrogen and oxygen atoms in total. The third kappa shape index (κ3) is 8.08. The highest BCUT2D eigenvalue weighted by molar-refractivity contribution is 5.91. The highest BCUT2D eigenvalue weighted by Gasteiger charge is 2.33. The van der Waals surface area contributed by atoms with Crippen molar-refractivity contribution in [2.45, 2.75) is 66.4 Å². The third-order valence-corrected chi connectivity index (χ3v) is 5.15. The molecule has 0 radical (unpaired) electrons. The number of carbonyl (C=O) groups excluding carboxylic acids is 2. The number of fused-ring (bicyclic) bond motifs is 1. The maximum absolute atomic E-state index is 12.7. The highest BCUT2D eigenvalue weighted by atomic mass is 16.6. The molecule has 0 bridgehead atoms. The molecule has 0 fully saturated rings. The van der Waals surface area contributed by atoms with Crippen molar-refractivity contribution < 1.29 is 29.0 Å². The largest absolute Gasteiger partial charge is 0.491 e. The van der Waals surface area contributed by atoms with E-state index in [1.165, 1.54) is 6.08 Å². The summed E-state index contributed by atoms with van der Waals surface area (Å²) in [5.74, 6) is -0.883. The fourth-order valence-corrected chi connectivity index (χ4v) is 3.71. The quantitative estimate of drug-likeness (QED) is 0.353. The van der Waals surface area contributed by atoms with Crippen molar-refractivity contribution in [1.82, 2.24) is 10.2 Å². The van der Waals surface area contributed by atoms with Gasteiger partial charge in [0.25, 0.3) is 0 Å². The van der Waals surface area contributed by atoms with Gasteiger partial charge >= 0.3 is 12.1 Å². The van der Waals surface area contributed by atoms with Crippen LogP contribution in [-0.4, -0.2) is 53.1 Å². The monoisotopic (exact) mass is 474 g/mol. The number of ketones is 1. The minimum absolute atomic E-state index is 0.0692. The van der Waals surface area contributed by atoms with Gasteiger partial charge in [0.05, 0.1) is 24.8 Å². The summed E-state index contributed by atoms with van der Waals surface area (Å²) in [6.45, 7) is 13.0. The minimum Gasteiger partial charge on any atom is -0.491 e. The number of nitrogens with zero attached hydrogens (tertiary/aromatic N) is 1. The van der Waals surface area contributed by atoms with Crippen molar-refractivity contribution in [3.63, 3.8) is 0 Å². The van der Waals surface area contributed by atoms with E-state index >= 15 is 0 Å². The Bertz CT molecular complexity index is 905. The normalized spacial score (nSPS) is 18.6. The molecule has 0 saturated heterocycles. The number of carbonyl (C=O) groups is 3. The lowest BCUT2D eigenvalue weighted by molar-refractivity contribution is -0.131. The van der Waals surface area contributed by atoms with Gasteiger partial charge < -0.3 is 24.8 Å². The summed E-state index contributed by atoms with van der Waals surface area (Å²) in [6, 6.07) is 0. The third-order valence-electron chi connectivity index (χ3n) is 5.15. The van der Waals surface area contributed by atoms with Crippen molar-refractivity contribution >= 4 is 17.8 Å². The first-order valence-corrected chi connectivity index (χ1v) is 11.9.